The maximum atomic E-state index is 11.0. The van der Waals surface area contributed by atoms with Crippen molar-refractivity contribution in [3.05, 3.63) is 11.7 Å². The summed E-state index contributed by atoms with van der Waals surface area (Å²) in [6, 6.07) is 0. The molecular formula is C8H12N2O3. The van der Waals surface area contributed by atoms with Crippen molar-refractivity contribution in [2.24, 2.45) is 0 Å². The molecule has 13 heavy (non-hydrogen) atoms. The normalized spacial score (nSPS) is 10.3. The standard InChI is InChI=1S/C8H12N2O3/c1-3-6(11)4-8-9-7(5-12-2)10-13-8/h3-5H2,1-2H3. The summed E-state index contributed by atoms with van der Waals surface area (Å²) in [5, 5.41) is 3.63. The number of carbonyl (C=O) groups excluding carboxylic acids is 1. The van der Waals surface area contributed by atoms with E-state index in [1.54, 1.807) is 14.0 Å². The maximum Gasteiger partial charge on any atom is 0.234 e. The fourth-order valence-corrected chi connectivity index (χ4v) is 0.843. The second-order valence-electron chi connectivity index (χ2n) is 2.61. The molecule has 5 heteroatoms. The highest BCUT2D eigenvalue weighted by Crippen LogP contribution is 2.01. The first kappa shape index (κ1) is 9.85. The van der Waals surface area contributed by atoms with Crippen molar-refractivity contribution in [2.75, 3.05) is 7.11 Å². The summed E-state index contributed by atoms with van der Waals surface area (Å²) >= 11 is 0. The van der Waals surface area contributed by atoms with Gasteiger partial charge >= 0.3 is 0 Å². The maximum absolute atomic E-state index is 11.0. The van der Waals surface area contributed by atoms with E-state index in [9.17, 15) is 4.79 Å². The van der Waals surface area contributed by atoms with Gasteiger partial charge in [-0.1, -0.05) is 12.1 Å². The Morgan fingerprint density at radius 3 is 3.00 bits per heavy atom. The molecule has 0 bridgehead atoms. The molecule has 0 unspecified atom stereocenters. The van der Waals surface area contributed by atoms with Crippen LogP contribution < -0.4 is 0 Å². The Balaban J connectivity index is 2.53. The average molecular weight is 184 g/mol. The van der Waals surface area contributed by atoms with Crippen molar-refractivity contribution in [3.8, 4) is 0 Å². The predicted octanol–water partition coefficient (Wildman–Crippen LogP) is 0.738. The van der Waals surface area contributed by atoms with Gasteiger partial charge in [-0.05, 0) is 0 Å². The quantitative estimate of drug-likeness (QED) is 0.675. The van der Waals surface area contributed by atoms with E-state index in [1.807, 2.05) is 0 Å². The first-order valence-electron chi connectivity index (χ1n) is 4.08. The monoisotopic (exact) mass is 184 g/mol. The Kier molecular flexibility index (Phi) is 3.57. The molecule has 0 aliphatic heterocycles. The SMILES string of the molecule is CCC(=O)Cc1nc(COC)no1. The largest absolute Gasteiger partial charge is 0.377 e. The second-order valence-corrected chi connectivity index (χ2v) is 2.61. The Bertz CT molecular complexity index is 283. The van der Waals surface area contributed by atoms with Gasteiger partial charge in [0.05, 0.1) is 6.42 Å². The molecule has 1 aromatic rings. The van der Waals surface area contributed by atoms with Crippen LogP contribution in [0, 0.1) is 0 Å². The van der Waals surface area contributed by atoms with Crippen molar-refractivity contribution in [3.63, 3.8) is 0 Å². The Labute approximate surface area is 76.1 Å². The lowest BCUT2D eigenvalue weighted by molar-refractivity contribution is -0.118. The minimum absolute atomic E-state index is 0.0904. The van der Waals surface area contributed by atoms with E-state index in [0.29, 0.717) is 24.7 Å². The zero-order chi connectivity index (χ0) is 9.68. The summed E-state index contributed by atoms with van der Waals surface area (Å²) in [5.74, 6) is 0.924. The van der Waals surface area contributed by atoms with E-state index in [1.165, 1.54) is 0 Å². The molecule has 0 N–H and O–H groups in total. The minimum Gasteiger partial charge on any atom is -0.377 e. The lowest BCUT2D eigenvalue weighted by atomic mass is 10.2. The van der Waals surface area contributed by atoms with E-state index < -0.39 is 0 Å². The van der Waals surface area contributed by atoms with Crippen molar-refractivity contribution in [2.45, 2.75) is 26.4 Å². The van der Waals surface area contributed by atoms with Crippen molar-refractivity contribution < 1.29 is 14.1 Å². The van der Waals surface area contributed by atoms with Gasteiger partial charge in [0.15, 0.2) is 5.82 Å². The highest BCUT2D eigenvalue weighted by molar-refractivity contribution is 5.79. The molecule has 72 valence electrons. The summed E-state index contributed by atoms with van der Waals surface area (Å²) in [6.45, 7) is 2.11. The van der Waals surface area contributed by atoms with E-state index in [0.717, 1.165) is 0 Å². The fraction of sp³-hybridized carbons (Fsp3) is 0.625. The van der Waals surface area contributed by atoms with Gasteiger partial charge in [0.25, 0.3) is 0 Å². The molecule has 0 spiro atoms. The molecule has 0 fully saturated rings. The highest BCUT2D eigenvalue weighted by atomic mass is 16.5. The van der Waals surface area contributed by atoms with Gasteiger partial charge in [0.2, 0.25) is 5.89 Å². The molecule has 0 atom stereocenters. The zero-order valence-electron chi connectivity index (χ0n) is 7.74. The van der Waals surface area contributed by atoms with Crippen LogP contribution in [-0.2, 0) is 22.6 Å². The second kappa shape index (κ2) is 4.71. The van der Waals surface area contributed by atoms with Gasteiger partial charge in [-0.3, -0.25) is 4.79 Å². The number of nitrogens with zero attached hydrogens (tertiary/aromatic N) is 2. The summed E-state index contributed by atoms with van der Waals surface area (Å²) < 4.78 is 9.63. The van der Waals surface area contributed by atoms with Gasteiger partial charge in [0.1, 0.15) is 12.4 Å². The first-order valence-corrected chi connectivity index (χ1v) is 4.08. The number of ether oxygens (including phenoxy) is 1. The number of Topliss-reactive ketones (excluding diaryl/α,β-unsaturated/α-hetero) is 1. The Morgan fingerprint density at radius 2 is 2.38 bits per heavy atom. The molecule has 0 saturated carbocycles. The number of carbonyl (C=O) groups is 1. The van der Waals surface area contributed by atoms with Crippen molar-refractivity contribution in [1.29, 1.82) is 0 Å². The third-order valence-corrected chi connectivity index (χ3v) is 1.53. The molecule has 1 heterocycles. The Morgan fingerprint density at radius 1 is 1.62 bits per heavy atom. The van der Waals surface area contributed by atoms with Gasteiger partial charge < -0.3 is 9.26 Å². The molecule has 0 amide bonds. The van der Waals surface area contributed by atoms with Crippen molar-refractivity contribution in [1.82, 2.24) is 10.1 Å². The van der Waals surface area contributed by atoms with E-state index in [4.69, 9.17) is 9.26 Å². The zero-order valence-corrected chi connectivity index (χ0v) is 7.74. The van der Waals surface area contributed by atoms with E-state index in [2.05, 4.69) is 10.1 Å². The third-order valence-electron chi connectivity index (χ3n) is 1.53. The van der Waals surface area contributed by atoms with Crippen LogP contribution in [0.5, 0.6) is 0 Å². The molecule has 0 aromatic carbocycles. The number of ketones is 1. The van der Waals surface area contributed by atoms with E-state index in [-0.39, 0.29) is 12.2 Å². The summed E-state index contributed by atoms with van der Waals surface area (Å²) in [4.78, 5) is 15.0. The predicted molar refractivity (Wildman–Crippen MR) is 44.0 cm³/mol. The molecular weight excluding hydrogens is 172 g/mol. The van der Waals surface area contributed by atoms with Gasteiger partial charge in [0, 0.05) is 13.5 Å². The molecule has 5 nitrogen and oxygen atoms in total. The van der Waals surface area contributed by atoms with Crippen LogP contribution in [0.2, 0.25) is 0 Å². The average Bonchev–Trinajstić information content (AvgIpc) is 2.53. The smallest absolute Gasteiger partial charge is 0.234 e. The van der Waals surface area contributed by atoms with E-state index >= 15 is 0 Å². The molecule has 1 aromatic heterocycles. The Hall–Kier alpha value is -1.23. The summed E-state index contributed by atoms with van der Waals surface area (Å²) in [7, 11) is 1.55. The lowest BCUT2D eigenvalue weighted by Gasteiger charge is -1.89. The fourth-order valence-electron chi connectivity index (χ4n) is 0.843. The number of methoxy groups -OCH3 is 1. The van der Waals surface area contributed by atoms with Crippen LogP contribution in [0.15, 0.2) is 4.52 Å². The van der Waals surface area contributed by atoms with Crippen LogP contribution in [0.1, 0.15) is 25.1 Å². The number of hydrogen-bond acceptors (Lipinski definition) is 5. The van der Waals surface area contributed by atoms with Gasteiger partial charge in [-0.2, -0.15) is 4.98 Å². The van der Waals surface area contributed by atoms with Gasteiger partial charge in [-0.25, -0.2) is 0 Å². The minimum atomic E-state index is 0.0904. The van der Waals surface area contributed by atoms with Crippen LogP contribution in [0.4, 0.5) is 0 Å². The van der Waals surface area contributed by atoms with Gasteiger partial charge in [-0.15, -0.1) is 0 Å². The third kappa shape index (κ3) is 2.95. The molecule has 1 rings (SSSR count). The molecule has 0 aliphatic rings. The number of aromatic nitrogens is 2. The number of rotatable bonds is 5. The first-order chi connectivity index (χ1) is 6.26. The topological polar surface area (TPSA) is 65.2 Å². The lowest BCUT2D eigenvalue weighted by Crippen LogP contribution is -2.00. The van der Waals surface area contributed by atoms with Crippen LogP contribution >= 0.6 is 0 Å². The molecule has 0 radical (unpaired) electrons. The van der Waals surface area contributed by atoms with Crippen LogP contribution in [0.25, 0.3) is 0 Å². The highest BCUT2D eigenvalue weighted by Gasteiger charge is 2.09. The summed E-state index contributed by atoms with van der Waals surface area (Å²) in [6.07, 6.45) is 0.704. The summed E-state index contributed by atoms with van der Waals surface area (Å²) in [5.41, 5.74) is 0. The number of hydrogen-bond donors (Lipinski definition) is 0. The van der Waals surface area contributed by atoms with Crippen molar-refractivity contribution >= 4 is 5.78 Å². The molecule has 0 saturated heterocycles. The molecule has 0 aliphatic carbocycles. The van der Waals surface area contributed by atoms with Crippen LogP contribution in [0.3, 0.4) is 0 Å². The van der Waals surface area contributed by atoms with Crippen LogP contribution in [-0.4, -0.2) is 23.0 Å².